The molecule has 0 saturated carbocycles. The molecule has 1 aliphatic heterocycles. The predicted molar refractivity (Wildman–Crippen MR) is 114 cm³/mol. The minimum atomic E-state index is -0.392. The number of halogens is 1. The maximum Gasteiger partial charge on any atom is 0.276 e. The van der Waals surface area contributed by atoms with E-state index < -0.39 is 5.82 Å². The number of rotatable bonds is 5. The maximum atomic E-state index is 14.0. The Morgan fingerprint density at radius 3 is 2.72 bits per heavy atom. The van der Waals surface area contributed by atoms with Crippen molar-refractivity contribution in [1.29, 1.82) is 0 Å². The molecule has 1 unspecified atom stereocenters. The Bertz CT molecular complexity index is 1220. The van der Waals surface area contributed by atoms with Gasteiger partial charge in [0.2, 0.25) is 11.7 Å². The van der Waals surface area contributed by atoms with Gasteiger partial charge in [-0.1, -0.05) is 52.8 Å². The first-order valence-corrected chi connectivity index (χ1v) is 10.6. The summed E-state index contributed by atoms with van der Waals surface area (Å²) in [5.74, 6) is 0.861. The fourth-order valence-corrected chi connectivity index (χ4v) is 4.03. The molecule has 32 heavy (non-hydrogen) atoms. The Morgan fingerprint density at radius 2 is 1.88 bits per heavy atom. The highest BCUT2D eigenvalue weighted by Gasteiger charge is 2.28. The molecule has 0 radical (unpaired) electrons. The van der Waals surface area contributed by atoms with Crippen LogP contribution < -0.4 is 0 Å². The van der Waals surface area contributed by atoms with Gasteiger partial charge in [0.1, 0.15) is 5.82 Å². The lowest BCUT2D eigenvalue weighted by Gasteiger charge is -2.31. The van der Waals surface area contributed by atoms with Gasteiger partial charge in [-0.25, -0.2) is 4.39 Å². The molecule has 5 rings (SSSR count). The predicted octanol–water partition coefficient (Wildman–Crippen LogP) is 4.63. The van der Waals surface area contributed by atoms with Crippen LogP contribution in [0, 0.1) is 11.7 Å². The third kappa shape index (κ3) is 4.16. The summed E-state index contributed by atoms with van der Waals surface area (Å²) in [6.07, 6.45) is 2.34. The van der Waals surface area contributed by atoms with E-state index in [0.29, 0.717) is 42.4 Å². The minimum Gasteiger partial charge on any atom is -0.355 e. The van der Waals surface area contributed by atoms with Gasteiger partial charge in [0.05, 0.1) is 5.56 Å². The fraction of sp³-hybridized carbons (Fsp3) is 0.250. The van der Waals surface area contributed by atoms with Crippen LogP contribution in [-0.4, -0.2) is 39.2 Å². The van der Waals surface area contributed by atoms with Crippen LogP contribution in [0.25, 0.3) is 22.7 Å². The van der Waals surface area contributed by atoms with Gasteiger partial charge in [-0.2, -0.15) is 4.98 Å². The number of aromatic nitrogens is 3. The van der Waals surface area contributed by atoms with Crippen LogP contribution in [0.15, 0.2) is 69.7 Å². The molecule has 162 valence electrons. The smallest absolute Gasteiger partial charge is 0.276 e. The number of benzene rings is 2. The van der Waals surface area contributed by atoms with Crippen molar-refractivity contribution in [3.63, 3.8) is 0 Å². The summed E-state index contributed by atoms with van der Waals surface area (Å²) in [5, 5.41) is 7.90. The Balaban J connectivity index is 1.25. The number of likely N-dealkylation sites (tertiary alicyclic amines) is 1. The molecule has 0 N–H and O–H groups in total. The van der Waals surface area contributed by atoms with Crippen LogP contribution in [-0.2, 0) is 6.42 Å². The molecule has 1 amide bonds. The SMILES string of the molecule is O=C(c1cc(-c2ccccc2)on1)N1CCCC(Cc2nc(-c3ccccc3F)no2)C1. The Kier molecular flexibility index (Phi) is 5.49. The topological polar surface area (TPSA) is 85.3 Å². The second-order valence-electron chi connectivity index (χ2n) is 7.90. The van der Waals surface area contributed by atoms with Crippen LogP contribution in [0.3, 0.4) is 0 Å². The normalized spacial score (nSPS) is 16.3. The lowest BCUT2D eigenvalue weighted by Crippen LogP contribution is -2.40. The number of hydrogen-bond donors (Lipinski definition) is 0. The van der Waals surface area contributed by atoms with E-state index in [9.17, 15) is 9.18 Å². The van der Waals surface area contributed by atoms with Crippen molar-refractivity contribution >= 4 is 5.91 Å². The number of amides is 1. The molecule has 0 bridgehead atoms. The first-order valence-electron chi connectivity index (χ1n) is 10.6. The van der Waals surface area contributed by atoms with E-state index in [2.05, 4.69) is 15.3 Å². The van der Waals surface area contributed by atoms with Gasteiger partial charge in [-0.3, -0.25) is 4.79 Å². The molecule has 0 aliphatic carbocycles. The summed E-state index contributed by atoms with van der Waals surface area (Å²) in [6.45, 7) is 1.22. The molecule has 4 aromatic rings. The fourth-order valence-electron chi connectivity index (χ4n) is 4.03. The van der Waals surface area contributed by atoms with Crippen molar-refractivity contribution in [3.8, 4) is 22.7 Å². The number of piperidine rings is 1. The Morgan fingerprint density at radius 1 is 1.06 bits per heavy atom. The lowest BCUT2D eigenvalue weighted by atomic mass is 9.94. The molecule has 2 aromatic carbocycles. The number of nitrogens with zero attached hydrogens (tertiary/aromatic N) is 4. The Labute approximate surface area is 183 Å². The highest BCUT2D eigenvalue weighted by Crippen LogP contribution is 2.25. The van der Waals surface area contributed by atoms with E-state index in [1.807, 2.05) is 30.3 Å². The maximum absolute atomic E-state index is 14.0. The first kappa shape index (κ1) is 20.1. The van der Waals surface area contributed by atoms with E-state index in [1.54, 1.807) is 29.2 Å². The van der Waals surface area contributed by atoms with Gasteiger partial charge in [-0.15, -0.1) is 0 Å². The summed E-state index contributed by atoms with van der Waals surface area (Å²) >= 11 is 0. The third-order valence-electron chi connectivity index (χ3n) is 5.64. The van der Waals surface area contributed by atoms with Gasteiger partial charge in [0.25, 0.3) is 5.91 Å². The van der Waals surface area contributed by atoms with Crippen molar-refractivity contribution in [2.24, 2.45) is 5.92 Å². The Hall–Kier alpha value is -3.81. The van der Waals surface area contributed by atoms with Crippen molar-refractivity contribution in [1.82, 2.24) is 20.2 Å². The van der Waals surface area contributed by atoms with Crippen LogP contribution in [0.4, 0.5) is 4.39 Å². The molecule has 1 saturated heterocycles. The molecule has 1 atom stereocenters. The largest absolute Gasteiger partial charge is 0.355 e. The van der Waals surface area contributed by atoms with E-state index >= 15 is 0 Å². The van der Waals surface area contributed by atoms with Gasteiger partial charge in [-0.05, 0) is 30.9 Å². The average Bonchev–Trinajstić information content (AvgIpc) is 3.50. The minimum absolute atomic E-state index is 0.154. The second-order valence-corrected chi connectivity index (χ2v) is 7.90. The molecular formula is C24H21FN4O3. The number of carbonyl (C=O) groups is 1. The highest BCUT2D eigenvalue weighted by molar-refractivity contribution is 5.93. The van der Waals surface area contributed by atoms with Crippen molar-refractivity contribution in [3.05, 3.63) is 78.1 Å². The van der Waals surface area contributed by atoms with E-state index in [-0.39, 0.29) is 17.6 Å². The standard InChI is InChI=1S/C24H21FN4O3/c25-19-11-5-4-10-18(19)23-26-22(32-28-23)13-16-7-6-12-29(15-16)24(30)20-14-21(31-27-20)17-8-2-1-3-9-17/h1-5,8-11,14,16H,6-7,12-13,15H2. The van der Waals surface area contributed by atoms with Crippen LogP contribution in [0.5, 0.6) is 0 Å². The van der Waals surface area contributed by atoms with Crippen molar-refractivity contribution in [2.75, 3.05) is 13.1 Å². The quantitative estimate of drug-likeness (QED) is 0.457. The summed E-state index contributed by atoms with van der Waals surface area (Å²) in [6, 6.07) is 17.6. The first-order chi connectivity index (χ1) is 15.7. The number of carbonyl (C=O) groups excluding carboxylic acids is 1. The van der Waals surface area contributed by atoms with Crippen molar-refractivity contribution < 1.29 is 18.2 Å². The molecule has 3 heterocycles. The zero-order chi connectivity index (χ0) is 21.9. The van der Waals surface area contributed by atoms with E-state index in [4.69, 9.17) is 9.05 Å². The summed E-state index contributed by atoms with van der Waals surface area (Å²) < 4.78 is 24.7. The second kappa shape index (κ2) is 8.74. The van der Waals surface area contributed by atoms with Gasteiger partial charge < -0.3 is 13.9 Å². The van der Waals surface area contributed by atoms with Crippen molar-refractivity contribution in [2.45, 2.75) is 19.3 Å². The molecule has 1 fully saturated rings. The average molecular weight is 432 g/mol. The molecule has 8 heteroatoms. The summed E-state index contributed by atoms with van der Waals surface area (Å²) in [7, 11) is 0. The monoisotopic (exact) mass is 432 g/mol. The molecule has 0 spiro atoms. The van der Waals surface area contributed by atoms with Crippen LogP contribution in [0.1, 0.15) is 29.2 Å². The van der Waals surface area contributed by atoms with Crippen LogP contribution >= 0.6 is 0 Å². The molecule has 2 aromatic heterocycles. The van der Waals surface area contributed by atoms with Crippen LogP contribution in [0.2, 0.25) is 0 Å². The van der Waals surface area contributed by atoms with Gasteiger partial charge in [0.15, 0.2) is 11.5 Å². The zero-order valence-electron chi connectivity index (χ0n) is 17.3. The molecular weight excluding hydrogens is 411 g/mol. The summed E-state index contributed by atoms with van der Waals surface area (Å²) in [5.41, 5.74) is 1.48. The molecule has 7 nitrogen and oxygen atoms in total. The van der Waals surface area contributed by atoms with Gasteiger partial charge in [0, 0.05) is 31.1 Å². The number of hydrogen-bond acceptors (Lipinski definition) is 6. The third-order valence-corrected chi connectivity index (χ3v) is 5.64. The molecule has 1 aliphatic rings. The van der Waals surface area contributed by atoms with E-state index in [0.717, 1.165) is 18.4 Å². The van der Waals surface area contributed by atoms with E-state index in [1.165, 1.54) is 6.07 Å². The van der Waals surface area contributed by atoms with Gasteiger partial charge >= 0.3 is 0 Å². The summed E-state index contributed by atoms with van der Waals surface area (Å²) in [4.78, 5) is 19.1. The zero-order valence-corrected chi connectivity index (χ0v) is 17.3. The highest BCUT2D eigenvalue weighted by atomic mass is 19.1. The lowest BCUT2D eigenvalue weighted by molar-refractivity contribution is 0.0658.